The lowest BCUT2D eigenvalue weighted by Gasteiger charge is -1.95. The second kappa shape index (κ2) is 7.38. The van der Waals surface area contributed by atoms with Crippen molar-refractivity contribution in [1.82, 2.24) is 0 Å². The van der Waals surface area contributed by atoms with Crippen LogP contribution >= 0.6 is 0 Å². The van der Waals surface area contributed by atoms with Crippen molar-refractivity contribution in [1.29, 1.82) is 0 Å². The SMILES string of the molecule is COc1ccc([I+]c2ccc(C=O)cc2)cc1.[Cl-]. The molecular formula is C14H12ClIO2. The van der Waals surface area contributed by atoms with Gasteiger partial charge in [-0.3, -0.25) is 4.79 Å². The molecule has 0 aliphatic carbocycles. The first-order valence-electron chi connectivity index (χ1n) is 5.16. The van der Waals surface area contributed by atoms with Crippen LogP contribution in [0, 0.1) is 7.14 Å². The Morgan fingerprint density at radius 3 is 1.89 bits per heavy atom. The average molecular weight is 375 g/mol. The fourth-order valence-corrected chi connectivity index (χ4v) is 3.52. The van der Waals surface area contributed by atoms with Crippen molar-refractivity contribution in [2.45, 2.75) is 0 Å². The summed E-state index contributed by atoms with van der Waals surface area (Å²) in [5.74, 6) is 0.883. The number of carbonyl (C=O) groups is 1. The summed E-state index contributed by atoms with van der Waals surface area (Å²) in [5.41, 5.74) is 0.729. The van der Waals surface area contributed by atoms with Crippen LogP contribution in [0.25, 0.3) is 0 Å². The highest BCUT2D eigenvalue weighted by Gasteiger charge is 2.14. The first-order chi connectivity index (χ1) is 8.31. The molecule has 2 nitrogen and oxygen atoms in total. The molecule has 0 aromatic heterocycles. The molecule has 0 unspecified atom stereocenters. The van der Waals surface area contributed by atoms with Gasteiger partial charge in [-0.1, -0.05) is 0 Å². The van der Waals surface area contributed by atoms with Crippen LogP contribution in [0.3, 0.4) is 0 Å². The topological polar surface area (TPSA) is 26.3 Å². The molecule has 0 amide bonds. The number of aldehydes is 1. The Balaban J connectivity index is 0.00000162. The highest BCUT2D eigenvalue weighted by Crippen LogP contribution is 2.06. The molecule has 2 aromatic carbocycles. The molecular weight excluding hydrogens is 363 g/mol. The van der Waals surface area contributed by atoms with Gasteiger partial charge < -0.3 is 17.1 Å². The summed E-state index contributed by atoms with van der Waals surface area (Å²) < 4.78 is 7.76. The summed E-state index contributed by atoms with van der Waals surface area (Å²) in [4.78, 5) is 10.5. The van der Waals surface area contributed by atoms with E-state index in [1.54, 1.807) is 7.11 Å². The normalized spacial score (nSPS) is 9.39. The molecule has 2 rings (SSSR count). The van der Waals surface area contributed by atoms with Gasteiger partial charge in [0.25, 0.3) is 0 Å². The van der Waals surface area contributed by atoms with Crippen LogP contribution in [0.1, 0.15) is 10.4 Å². The van der Waals surface area contributed by atoms with E-state index in [2.05, 4.69) is 12.1 Å². The van der Waals surface area contributed by atoms with Crippen LogP contribution in [0.5, 0.6) is 5.75 Å². The summed E-state index contributed by atoms with van der Waals surface area (Å²) in [5, 5.41) is 0. The van der Waals surface area contributed by atoms with E-state index in [4.69, 9.17) is 4.74 Å². The fraction of sp³-hybridized carbons (Fsp3) is 0.0714. The predicted octanol–water partition coefficient (Wildman–Crippen LogP) is -3.36. The van der Waals surface area contributed by atoms with Crippen molar-refractivity contribution in [3.63, 3.8) is 0 Å². The molecule has 0 radical (unpaired) electrons. The van der Waals surface area contributed by atoms with Gasteiger partial charge in [0, 0.05) is 5.56 Å². The first-order valence-corrected chi connectivity index (χ1v) is 7.31. The molecule has 0 spiro atoms. The van der Waals surface area contributed by atoms with Gasteiger partial charge in [-0.25, -0.2) is 0 Å². The molecule has 0 N–H and O–H groups in total. The van der Waals surface area contributed by atoms with Crippen molar-refractivity contribution in [2.24, 2.45) is 0 Å². The summed E-state index contributed by atoms with van der Waals surface area (Å²) in [7, 11) is 1.67. The Kier molecular flexibility index (Phi) is 6.15. The maximum Gasteiger partial charge on any atom is 0.357 e. The van der Waals surface area contributed by atoms with Gasteiger partial charge in [0.15, 0.2) is 7.14 Å². The van der Waals surface area contributed by atoms with Gasteiger partial charge in [0.05, 0.1) is 7.11 Å². The lowest BCUT2D eigenvalue weighted by molar-refractivity contribution is -0.597. The number of ether oxygens (including phenoxy) is 1. The molecule has 0 aliphatic heterocycles. The van der Waals surface area contributed by atoms with Crippen LogP contribution in [0.15, 0.2) is 48.5 Å². The van der Waals surface area contributed by atoms with Gasteiger partial charge in [-0.2, -0.15) is 0 Å². The molecule has 0 atom stereocenters. The fourth-order valence-electron chi connectivity index (χ4n) is 1.36. The van der Waals surface area contributed by atoms with Crippen LogP contribution in [-0.2, 0) is 0 Å². The first kappa shape index (κ1) is 15.0. The van der Waals surface area contributed by atoms with Gasteiger partial charge in [-0.05, 0) is 48.5 Å². The molecule has 18 heavy (non-hydrogen) atoms. The van der Waals surface area contributed by atoms with Crippen LogP contribution < -0.4 is 38.3 Å². The highest BCUT2D eigenvalue weighted by molar-refractivity contribution is 5.74. The molecule has 2 aromatic rings. The van der Waals surface area contributed by atoms with Crippen molar-refractivity contribution in [3.05, 3.63) is 61.2 Å². The summed E-state index contributed by atoms with van der Waals surface area (Å²) in [6.45, 7) is 0. The third-order valence-corrected chi connectivity index (χ3v) is 4.96. The third kappa shape index (κ3) is 3.99. The lowest BCUT2D eigenvalue weighted by atomic mass is 10.2. The Hall–Kier alpha value is -1.07. The van der Waals surface area contributed by atoms with Crippen molar-refractivity contribution >= 4 is 6.29 Å². The van der Waals surface area contributed by atoms with Gasteiger partial charge in [-0.15, -0.1) is 0 Å². The molecule has 4 heteroatoms. The summed E-state index contributed by atoms with van der Waals surface area (Å²) >= 11 is -0.179. The van der Waals surface area contributed by atoms with E-state index in [1.807, 2.05) is 36.4 Å². The highest BCUT2D eigenvalue weighted by atomic mass is 127. The van der Waals surface area contributed by atoms with E-state index in [1.165, 1.54) is 7.14 Å². The van der Waals surface area contributed by atoms with Crippen molar-refractivity contribution < 1.29 is 43.1 Å². The number of methoxy groups -OCH3 is 1. The zero-order chi connectivity index (χ0) is 12.1. The number of halogens is 2. The molecule has 0 fully saturated rings. The maximum absolute atomic E-state index is 10.5. The van der Waals surface area contributed by atoms with Gasteiger partial charge >= 0.3 is 21.2 Å². The number of rotatable bonds is 4. The minimum Gasteiger partial charge on any atom is -1.00 e. The third-order valence-electron chi connectivity index (χ3n) is 2.27. The maximum atomic E-state index is 10.5. The van der Waals surface area contributed by atoms with Crippen LogP contribution in [0.4, 0.5) is 0 Å². The van der Waals surface area contributed by atoms with Gasteiger partial charge in [0.2, 0.25) is 0 Å². The number of carbonyl (C=O) groups excluding carboxylic acids is 1. The summed E-state index contributed by atoms with van der Waals surface area (Å²) in [6.07, 6.45) is 0.871. The predicted molar refractivity (Wildman–Crippen MR) is 62.2 cm³/mol. The molecule has 0 saturated carbocycles. The summed E-state index contributed by atoms with van der Waals surface area (Å²) in [6, 6.07) is 15.9. The number of benzene rings is 2. The van der Waals surface area contributed by atoms with Gasteiger partial charge in [0.1, 0.15) is 12.0 Å². The monoisotopic (exact) mass is 374 g/mol. The lowest BCUT2D eigenvalue weighted by Crippen LogP contribution is -3.61. The van der Waals surface area contributed by atoms with E-state index in [0.717, 1.165) is 17.6 Å². The molecule has 0 saturated heterocycles. The number of hydrogen-bond donors (Lipinski definition) is 0. The Labute approximate surface area is 123 Å². The molecule has 0 heterocycles. The molecule has 0 aliphatic rings. The minimum atomic E-state index is -0.179. The Morgan fingerprint density at radius 2 is 1.44 bits per heavy atom. The standard InChI is InChI=1S/C14H12IO2.ClH/c1-17-14-8-6-13(7-9-14)15-12-4-2-11(10-16)3-5-12;/h2-10H,1H3;1H/q+1;/p-1. The van der Waals surface area contributed by atoms with E-state index >= 15 is 0 Å². The second-order valence-electron chi connectivity index (χ2n) is 3.42. The van der Waals surface area contributed by atoms with Crippen LogP contribution in [0.2, 0.25) is 0 Å². The average Bonchev–Trinajstić information content (AvgIpc) is 2.40. The number of hydrogen-bond acceptors (Lipinski definition) is 2. The molecule has 94 valence electrons. The second-order valence-corrected chi connectivity index (χ2v) is 6.45. The van der Waals surface area contributed by atoms with Crippen molar-refractivity contribution in [2.75, 3.05) is 7.11 Å². The van der Waals surface area contributed by atoms with E-state index in [-0.39, 0.29) is 33.6 Å². The Morgan fingerprint density at radius 1 is 0.944 bits per heavy atom. The minimum absolute atomic E-state index is 0. The Bertz CT molecular complexity index is 494. The smallest absolute Gasteiger partial charge is 0.357 e. The largest absolute Gasteiger partial charge is 1.00 e. The zero-order valence-corrected chi connectivity index (χ0v) is 12.7. The molecule has 0 bridgehead atoms. The van der Waals surface area contributed by atoms with E-state index in [9.17, 15) is 4.79 Å². The van der Waals surface area contributed by atoms with E-state index < -0.39 is 0 Å². The van der Waals surface area contributed by atoms with Crippen LogP contribution in [-0.4, -0.2) is 13.4 Å². The van der Waals surface area contributed by atoms with E-state index in [0.29, 0.717) is 0 Å². The zero-order valence-electron chi connectivity index (χ0n) is 9.77. The van der Waals surface area contributed by atoms with Crippen molar-refractivity contribution in [3.8, 4) is 5.75 Å². The quantitative estimate of drug-likeness (QED) is 0.413.